The zero-order valence-electron chi connectivity index (χ0n) is 60.8. The van der Waals surface area contributed by atoms with E-state index in [0.29, 0.717) is 0 Å². The molecule has 12 aromatic carbocycles. The Kier molecular flexibility index (Phi) is 29.4. The monoisotopic (exact) mass is 2190 g/mol. The molecule has 0 atom stereocenters. The molecule has 0 nitrogen and oxygen atoms in total. The summed E-state index contributed by atoms with van der Waals surface area (Å²) in [6, 6.07) is 0. The molecule has 0 aromatic heterocycles. The molecular formula is C72B3F60Gd. The van der Waals surface area contributed by atoms with Crippen molar-refractivity contribution < 1.29 is 303 Å². The predicted molar refractivity (Wildman–Crippen MR) is 328 cm³/mol. The van der Waals surface area contributed by atoms with E-state index in [-0.39, 0.29) is 39.9 Å². The predicted octanol–water partition coefficient (Wildman–Crippen LogP) is 17.5. The van der Waals surface area contributed by atoms with Crippen LogP contribution in [0.4, 0.5) is 263 Å². The zero-order valence-corrected chi connectivity index (χ0v) is 63.0. The summed E-state index contributed by atoms with van der Waals surface area (Å²) in [5.74, 6) is -214. The van der Waals surface area contributed by atoms with E-state index in [1.807, 2.05) is 0 Å². The van der Waals surface area contributed by atoms with Gasteiger partial charge in [0.2, 0.25) is 0 Å². The Balaban J connectivity index is 0.000000228. The first-order valence-corrected chi connectivity index (χ1v) is 32.8. The first-order valence-electron chi connectivity index (χ1n) is 32.8. The number of halogens is 60. The van der Waals surface area contributed by atoms with Crippen LogP contribution in [0.25, 0.3) is 0 Å². The summed E-state index contributed by atoms with van der Waals surface area (Å²) < 4.78 is 882. The van der Waals surface area contributed by atoms with Crippen LogP contribution in [0.2, 0.25) is 0 Å². The number of rotatable bonds is 12. The molecule has 136 heavy (non-hydrogen) atoms. The minimum atomic E-state index is -7.22. The van der Waals surface area contributed by atoms with Crippen LogP contribution in [0, 0.1) is 389 Å². The van der Waals surface area contributed by atoms with Crippen LogP contribution >= 0.6 is 0 Å². The third-order valence-corrected chi connectivity index (χ3v) is 20.1. The van der Waals surface area contributed by atoms with Crippen molar-refractivity contribution in [2.45, 2.75) is 0 Å². The second-order valence-corrected chi connectivity index (χ2v) is 26.4. The Labute approximate surface area is 733 Å². The minimum Gasteiger partial charge on any atom is -0.207 e. The van der Waals surface area contributed by atoms with Gasteiger partial charge in [-0.2, -0.15) is 0 Å². The molecule has 12 aromatic rings. The first-order chi connectivity index (χ1) is 62.1. The molecule has 0 fully saturated rings. The van der Waals surface area contributed by atoms with Crippen LogP contribution in [-0.2, 0) is 0 Å². The van der Waals surface area contributed by atoms with Gasteiger partial charge in [-0.15, -0.1) is 65.6 Å². The topological polar surface area (TPSA) is 0 Å². The summed E-state index contributed by atoms with van der Waals surface area (Å²) in [6.45, 7) is 0. The summed E-state index contributed by atoms with van der Waals surface area (Å²) in [6.07, 6.45) is -21.7. The van der Waals surface area contributed by atoms with Crippen molar-refractivity contribution in [1.82, 2.24) is 0 Å². The molecule has 725 valence electrons. The van der Waals surface area contributed by atoms with Gasteiger partial charge in [-0.1, -0.05) is 0 Å². The van der Waals surface area contributed by atoms with Crippen LogP contribution in [0.15, 0.2) is 0 Å². The average Bonchev–Trinajstić information content (AvgIpc) is 0.687. The van der Waals surface area contributed by atoms with Gasteiger partial charge in [-0.25, -0.2) is 263 Å². The minimum absolute atomic E-state index is 0. The molecule has 0 aliphatic rings. The fourth-order valence-corrected chi connectivity index (χ4v) is 14.6. The van der Waals surface area contributed by atoms with Crippen LogP contribution < -0.4 is 65.6 Å². The fraction of sp³-hybridized carbons (Fsp3) is 0. The fourth-order valence-electron chi connectivity index (χ4n) is 14.6. The van der Waals surface area contributed by atoms with Crippen LogP contribution in [0.5, 0.6) is 0 Å². The van der Waals surface area contributed by atoms with E-state index >= 15 is 105 Å². The summed E-state index contributed by atoms with van der Waals surface area (Å²) >= 11 is 0. The second-order valence-electron chi connectivity index (χ2n) is 26.4. The third-order valence-electron chi connectivity index (χ3n) is 20.1. The van der Waals surface area contributed by atoms with Gasteiger partial charge >= 0.3 is 39.9 Å². The van der Waals surface area contributed by atoms with E-state index in [4.69, 9.17) is 0 Å². The summed E-state index contributed by atoms with van der Waals surface area (Å²) in [7, 11) is 0. The molecule has 12 rings (SSSR count). The van der Waals surface area contributed by atoms with E-state index in [2.05, 4.69) is 0 Å². The maximum Gasteiger partial charge on any atom is 3.00 e. The Morgan fingerprint density at radius 2 is 0.0882 bits per heavy atom. The first kappa shape index (κ1) is 108. The van der Waals surface area contributed by atoms with Crippen LogP contribution in [-0.4, -0.2) is 18.4 Å². The molecule has 0 N–H and O–H groups in total. The molecule has 64 heteroatoms. The maximum absolute atomic E-state index is 15.4. The van der Waals surface area contributed by atoms with E-state index in [9.17, 15) is 158 Å². The summed E-state index contributed by atoms with van der Waals surface area (Å²) in [4.78, 5) is 0. The van der Waals surface area contributed by atoms with Crippen molar-refractivity contribution in [3.8, 4) is 0 Å². The number of hydrogen-bond acceptors (Lipinski definition) is 0. The molecule has 0 bridgehead atoms. The largest absolute Gasteiger partial charge is 3.00 e. The number of benzene rings is 12. The Bertz CT molecular complexity index is 5390. The quantitative estimate of drug-likeness (QED) is 0.0495. The van der Waals surface area contributed by atoms with E-state index < -0.39 is 433 Å². The van der Waals surface area contributed by atoms with Crippen molar-refractivity contribution in [3.63, 3.8) is 0 Å². The van der Waals surface area contributed by atoms with Crippen molar-refractivity contribution in [1.29, 1.82) is 0 Å². The Hall–Kier alpha value is -12.0. The van der Waals surface area contributed by atoms with Crippen LogP contribution in [0.1, 0.15) is 0 Å². The molecule has 0 aliphatic carbocycles. The van der Waals surface area contributed by atoms with Crippen molar-refractivity contribution in [2.24, 2.45) is 0 Å². The van der Waals surface area contributed by atoms with E-state index in [1.165, 1.54) is 0 Å². The Morgan fingerprint density at radius 1 is 0.0588 bits per heavy atom. The number of hydrogen-bond donors (Lipinski definition) is 0. The molecule has 0 aliphatic heterocycles. The van der Waals surface area contributed by atoms with Crippen LogP contribution in [0.3, 0.4) is 0 Å². The molecule has 0 heterocycles. The molecule has 0 saturated heterocycles. The SMILES string of the molecule is Fc1c(F)c(F)c([B-](c2c(F)c(F)c(F)c(F)c2F)(c2c(F)c(F)c(F)c(F)c2F)c2c(F)c(F)c(F)c(F)c2F)c(F)c1F.Fc1c(F)c(F)c([B-](c2c(F)c(F)c(F)c(F)c2F)(c2c(F)c(F)c(F)c(F)c2F)c2c(F)c(F)c(F)c(F)c2F)c(F)c1F.Fc1c(F)c(F)c([B-](c2c(F)c(F)c(F)c(F)c2F)(c2c(F)c(F)c(F)c(F)c2F)c2c(F)c(F)c(F)c(F)c2F)c(F)c1F.[Gd+3]. The van der Waals surface area contributed by atoms with Crippen molar-refractivity contribution in [3.05, 3.63) is 349 Å². The van der Waals surface area contributed by atoms with Gasteiger partial charge in [0.05, 0.1) is 0 Å². The normalized spacial score (nSPS) is 11.9. The smallest absolute Gasteiger partial charge is 0.207 e. The second kappa shape index (κ2) is 37.1. The van der Waals surface area contributed by atoms with Gasteiger partial charge in [0.1, 0.15) is 158 Å². The maximum atomic E-state index is 15.4. The average molecular weight is 2190 g/mol. The zero-order chi connectivity index (χ0) is 103. The molecule has 0 spiro atoms. The van der Waals surface area contributed by atoms with E-state index in [1.54, 1.807) is 0 Å². The van der Waals surface area contributed by atoms with Gasteiger partial charge in [0, 0.05) is 0 Å². The van der Waals surface area contributed by atoms with E-state index in [0.717, 1.165) is 0 Å². The van der Waals surface area contributed by atoms with Gasteiger partial charge in [-0.3, -0.25) is 0 Å². The molecular weight excluding hydrogens is 2190 g/mol. The molecule has 1 radical (unpaired) electrons. The van der Waals surface area contributed by atoms with Gasteiger partial charge in [0.15, 0.2) is 209 Å². The standard InChI is InChI=1S/3C24BF20.Gd/c3*26-5-1(6(27)14(35)21(42)13(5)34)25(2-7(28)15(36)22(43)16(37)8(2)29,3-9(30)17(38)23(44)18(39)10(3)31)4-11(32)19(40)24(45)20(41)12(4)33;/q3*-1;+3. The van der Waals surface area contributed by atoms with Gasteiger partial charge in [0.25, 0.3) is 0 Å². The summed E-state index contributed by atoms with van der Waals surface area (Å²) in [5, 5.41) is 0. The Morgan fingerprint density at radius 3 is 0.125 bits per heavy atom. The molecule has 0 amide bonds. The van der Waals surface area contributed by atoms with Gasteiger partial charge < -0.3 is 0 Å². The molecule has 0 saturated carbocycles. The third kappa shape index (κ3) is 14.7. The van der Waals surface area contributed by atoms with Crippen molar-refractivity contribution >= 4 is 84.0 Å². The molecule has 0 unspecified atom stereocenters. The summed E-state index contributed by atoms with van der Waals surface area (Å²) in [5.41, 5.74) is -43.0. The van der Waals surface area contributed by atoms with Gasteiger partial charge in [-0.05, 0) is 0 Å². The van der Waals surface area contributed by atoms with Crippen molar-refractivity contribution in [2.75, 3.05) is 0 Å².